The summed E-state index contributed by atoms with van der Waals surface area (Å²) >= 11 is 0. The molecular weight excluding hydrogens is 324 g/mol. The van der Waals surface area contributed by atoms with Crippen molar-refractivity contribution in [1.29, 1.82) is 0 Å². The topological polar surface area (TPSA) is 66.5 Å². The fraction of sp³-hybridized carbons (Fsp3) is 0.611. The molecule has 1 aromatic carbocycles. The normalized spacial score (nSPS) is 19.6. The van der Waals surface area contributed by atoms with E-state index in [1.807, 2.05) is 27.7 Å². The quantitative estimate of drug-likeness (QED) is 0.854. The molecular formula is C18H28N2O3S. The molecule has 1 heterocycles. The van der Waals surface area contributed by atoms with Gasteiger partial charge in [0, 0.05) is 24.7 Å². The van der Waals surface area contributed by atoms with E-state index in [9.17, 15) is 13.2 Å². The van der Waals surface area contributed by atoms with E-state index in [-0.39, 0.29) is 23.5 Å². The smallest absolute Gasteiger partial charge is 0.225 e. The maximum Gasteiger partial charge on any atom is 0.225 e. The Kier molecular flexibility index (Phi) is 6.04. The first kappa shape index (κ1) is 18.9. The first-order valence-corrected chi connectivity index (χ1v) is 10.4. The molecule has 1 N–H and O–H groups in total. The second kappa shape index (κ2) is 7.66. The van der Waals surface area contributed by atoms with Gasteiger partial charge in [-0.15, -0.1) is 0 Å². The summed E-state index contributed by atoms with van der Waals surface area (Å²) in [5.41, 5.74) is 4.20. The van der Waals surface area contributed by atoms with Crippen molar-refractivity contribution in [3.63, 3.8) is 0 Å². The van der Waals surface area contributed by atoms with Gasteiger partial charge in [0.2, 0.25) is 5.91 Å². The summed E-state index contributed by atoms with van der Waals surface area (Å²) < 4.78 is 23.3. The Morgan fingerprint density at radius 2 is 1.88 bits per heavy atom. The van der Waals surface area contributed by atoms with E-state index in [1.54, 1.807) is 0 Å². The molecule has 24 heavy (non-hydrogen) atoms. The molecule has 5 nitrogen and oxygen atoms in total. The second-order valence-electron chi connectivity index (χ2n) is 6.76. The van der Waals surface area contributed by atoms with Crippen LogP contribution >= 0.6 is 0 Å². The van der Waals surface area contributed by atoms with Gasteiger partial charge in [-0.25, -0.2) is 8.42 Å². The SMILES string of the molecule is CCN(CCC(=O)Nc1c(C)cc(C)cc1C)C1CCS(=O)(=O)C1. The largest absolute Gasteiger partial charge is 0.326 e. The van der Waals surface area contributed by atoms with Gasteiger partial charge in [0.25, 0.3) is 0 Å². The zero-order valence-corrected chi connectivity index (χ0v) is 15.9. The van der Waals surface area contributed by atoms with Crippen LogP contribution in [0.4, 0.5) is 5.69 Å². The lowest BCUT2D eigenvalue weighted by atomic mass is 10.0. The van der Waals surface area contributed by atoms with E-state index in [0.29, 0.717) is 19.4 Å². The van der Waals surface area contributed by atoms with Gasteiger partial charge in [-0.05, 0) is 44.9 Å². The number of aryl methyl sites for hydroxylation is 3. The van der Waals surface area contributed by atoms with Crippen molar-refractivity contribution in [3.05, 3.63) is 28.8 Å². The van der Waals surface area contributed by atoms with E-state index >= 15 is 0 Å². The van der Waals surface area contributed by atoms with Crippen LogP contribution in [0.3, 0.4) is 0 Å². The van der Waals surface area contributed by atoms with Crippen LogP contribution in [0.2, 0.25) is 0 Å². The van der Waals surface area contributed by atoms with Gasteiger partial charge in [-0.1, -0.05) is 24.6 Å². The molecule has 6 heteroatoms. The molecule has 1 saturated heterocycles. The van der Waals surface area contributed by atoms with E-state index in [1.165, 1.54) is 5.56 Å². The summed E-state index contributed by atoms with van der Waals surface area (Å²) in [6, 6.07) is 4.17. The van der Waals surface area contributed by atoms with E-state index in [2.05, 4.69) is 22.3 Å². The lowest BCUT2D eigenvalue weighted by Crippen LogP contribution is -2.38. The third-order valence-electron chi connectivity index (χ3n) is 4.70. The summed E-state index contributed by atoms with van der Waals surface area (Å²) in [5.74, 6) is 0.463. The summed E-state index contributed by atoms with van der Waals surface area (Å²) in [7, 11) is -2.90. The van der Waals surface area contributed by atoms with Crippen LogP contribution in [0.15, 0.2) is 12.1 Å². The lowest BCUT2D eigenvalue weighted by molar-refractivity contribution is -0.116. The molecule has 0 aromatic heterocycles. The molecule has 0 aliphatic carbocycles. The highest BCUT2D eigenvalue weighted by Gasteiger charge is 2.31. The number of amides is 1. The lowest BCUT2D eigenvalue weighted by Gasteiger charge is -2.26. The monoisotopic (exact) mass is 352 g/mol. The molecule has 0 spiro atoms. The van der Waals surface area contributed by atoms with Gasteiger partial charge in [0.05, 0.1) is 11.5 Å². The molecule has 134 valence electrons. The van der Waals surface area contributed by atoms with Gasteiger partial charge < -0.3 is 5.32 Å². The molecule has 0 radical (unpaired) electrons. The molecule has 1 aromatic rings. The van der Waals surface area contributed by atoms with Crippen molar-refractivity contribution in [1.82, 2.24) is 4.90 Å². The summed E-state index contributed by atoms with van der Waals surface area (Å²) in [5, 5.41) is 3.01. The molecule has 1 atom stereocenters. The van der Waals surface area contributed by atoms with E-state index in [0.717, 1.165) is 23.4 Å². The molecule has 1 amide bonds. The zero-order chi connectivity index (χ0) is 17.9. The van der Waals surface area contributed by atoms with Crippen LogP contribution in [0.1, 0.15) is 36.5 Å². The van der Waals surface area contributed by atoms with Gasteiger partial charge >= 0.3 is 0 Å². The molecule has 0 saturated carbocycles. The van der Waals surface area contributed by atoms with Crippen LogP contribution < -0.4 is 5.32 Å². The minimum absolute atomic E-state index is 0.0237. The number of nitrogens with zero attached hydrogens (tertiary/aromatic N) is 1. The van der Waals surface area contributed by atoms with Crippen molar-refractivity contribution < 1.29 is 13.2 Å². The predicted molar refractivity (Wildman–Crippen MR) is 98.2 cm³/mol. The maximum absolute atomic E-state index is 12.3. The number of benzene rings is 1. The Bertz CT molecular complexity index is 690. The van der Waals surface area contributed by atoms with E-state index in [4.69, 9.17) is 0 Å². The van der Waals surface area contributed by atoms with Crippen LogP contribution in [0.25, 0.3) is 0 Å². The van der Waals surface area contributed by atoms with E-state index < -0.39 is 9.84 Å². The summed E-state index contributed by atoms with van der Waals surface area (Å²) in [6.07, 6.45) is 1.05. The fourth-order valence-corrected chi connectivity index (χ4v) is 5.25. The molecule has 1 aliphatic heterocycles. The minimum atomic E-state index is -2.90. The van der Waals surface area contributed by atoms with Crippen LogP contribution in [-0.4, -0.2) is 49.9 Å². The Labute approximate surface area is 145 Å². The number of hydrogen-bond acceptors (Lipinski definition) is 4. The van der Waals surface area contributed by atoms with Gasteiger partial charge in [-0.2, -0.15) is 0 Å². The number of hydrogen-bond donors (Lipinski definition) is 1. The molecule has 1 unspecified atom stereocenters. The highest BCUT2D eigenvalue weighted by atomic mass is 32.2. The Hall–Kier alpha value is -1.40. The van der Waals surface area contributed by atoms with Gasteiger partial charge in [0.1, 0.15) is 0 Å². The first-order valence-electron chi connectivity index (χ1n) is 8.54. The molecule has 1 aliphatic rings. The van der Waals surface area contributed by atoms with Crippen molar-refractivity contribution >= 4 is 21.4 Å². The number of carbonyl (C=O) groups is 1. The Balaban J connectivity index is 1.93. The molecule has 0 bridgehead atoms. The standard InChI is InChI=1S/C18H28N2O3S/c1-5-20(16-7-9-24(22,23)12-16)8-6-17(21)19-18-14(3)10-13(2)11-15(18)4/h10-11,16H,5-9,12H2,1-4H3,(H,19,21). The third kappa shape index (κ3) is 4.80. The summed E-state index contributed by atoms with van der Waals surface area (Å²) in [6.45, 7) is 9.40. The second-order valence-corrected chi connectivity index (χ2v) is 8.99. The zero-order valence-electron chi connectivity index (χ0n) is 15.1. The van der Waals surface area contributed by atoms with Crippen LogP contribution in [0.5, 0.6) is 0 Å². The van der Waals surface area contributed by atoms with Gasteiger partial charge in [-0.3, -0.25) is 9.69 Å². The molecule has 1 fully saturated rings. The van der Waals surface area contributed by atoms with Crippen LogP contribution in [0, 0.1) is 20.8 Å². The highest BCUT2D eigenvalue weighted by molar-refractivity contribution is 7.91. The maximum atomic E-state index is 12.3. The number of sulfone groups is 1. The van der Waals surface area contributed by atoms with Gasteiger partial charge in [0.15, 0.2) is 9.84 Å². The predicted octanol–water partition coefficient (Wildman–Crippen LogP) is 2.45. The van der Waals surface area contributed by atoms with Crippen molar-refractivity contribution in [2.75, 3.05) is 29.9 Å². The summed E-state index contributed by atoms with van der Waals surface area (Å²) in [4.78, 5) is 14.4. The minimum Gasteiger partial charge on any atom is -0.326 e. The first-order chi connectivity index (χ1) is 11.2. The average Bonchev–Trinajstić information content (AvgIpc) is 2.83. The highest BCUT2D eigenvalue weighted by Crippen LogP contribution is 2.22. The number of nitrogens with one attached hydrogen (secondary N) is 1. The average molecular weight is 353 g/mol. The fourth-order valence-electron chi connectivity index (χ4n) is 3.49. The van der Waals surface area contributed by atoms with Crippen molar-refractivity contribution in [2.24, 2.45) is 0 Å². The Morgan fingerprint density at radius 1 is 1.25 bits per heavy atom. The number of anilines is 1. The van der Waals surface area contributed by atoms with Crippen molar-refractivity contribution in [3.8, 4) is 0 Å². The van der Waals surface area contributed by atoms with Crippen LogP contribution in [-0.2, 0) is 14.6 Å². The van der Waals surface area contributed by atoms with Crippen molar-refractivity contribution in [2.45, 2.75) is 46.6 Å². The Morgan fingerprint density at radius 3 is 2.38 bits per heavy atom. The number of carbonyl (C=O) groups excluding carboxylic acids is 1. The molecule has 2 rings (SSSR count). The third-order valence-corrected chi connectivity index (χ3v) is 6.45. The number of rotatable bonds is 6.